The predicted molar refractivity (Wildman–Crippen MR) is 76.0 cm³/mol. The van der Waals surface area contributed by atoms with Crippen LogP contribution in [0.4, 0.5) is 5.82 Å². The lowest BCUT2D eigenvalue weighted by Gasteiger charge is -2.15. The fraction of sp³-hybridized carbons (Fsp3) is 0.333. The second kappa shape index (κ2) is 6.85. The van der Waals surface area contributed by atoms with Gasteiger partial charge in [0.15, 0.2) is 0 Å². The maximum Gasteiger partial charge on any atom is 0.126 e. The molecule has 2 heterocycles. The average Bonchev–Trinajstić information content (AvgIpc) is 2.44. The number of anilines is 1. The molecule has 0 amide bonds. The molecule has 0 spiro atoms. The number of hydrogen-bond donors (Lipinski definition) is 2. The summed E-state index contributed by atoms with van der Waals surface area (Å²) in [6.07, 6.45) is 2.54. The Morgan fingerprint density at radius 2 is 2.11 bits per heavy atom. The third-order valence-electron chi connectivity index (χ3n) is 2.94. The largest absolute Gasteiger partial charge is 0.396 e. The average molecular weight is 257 g/mol. The summed E-state index contributed by atoms with van der Waals surface area (Å²) in [5.41, 5.74) is 1.98. The zero-order chi connectivity index (χ0) is 13.5. The molecule has 0 saturated carbocycles. The van der Waals surface area contributed by atoms with E-state index in [4.69, 9.17) is 0 Å². The molecule has 4 heteroatoms. The van der Waals surface area contributed by atoms with E-state index in [2.05, 4.69) is 15.3 Å². The number of nitrogens with one attached hydrogen (secondary N) is 1. The summed E-state index contributed by atoms with van der Waals surface area (Å²) < 4.78 is 0. The molecular weight excluding hydrogens is 238 g/mol. The monoisotopic (exact) mass is 257 g/mol. The highest BCUT2D eigenvalue weighted by molar-refractivity contribution is 5.35. The number of aliphatic hydroxyl groups excluding tert-OH is 1. The Bertz CT molecular complexity index is 502. The van der Waals surface area contributed by atoms with Crippen LogP contribution in [0.2, 0.25) is 0 Å². The van der Waals surface area contributed by atoms with E-state index in [1.165, 1.54) is 0 Å². The van der Waals surface area contributed by atoms with Crippen molar-refractivity contribution in [1.82, 2.24) is 9.97 Å². The van der Waals surface area contributed by atoms with E-state index in [9.17, 15) is 5.11 Å². The van der Waals surface area contributed by atoms with Gasteiger partial charge in [0, 0.05) is 36.7 Å². The van der Waals surface area contributed by atoms with Crippen molar-refractivity contribution < 1.29 is 5.11 Å². The highest BCUT2D eigenvalue weighted by Gasteiger charge is 2.09. The van der Waals surface area contributed by atoms with Gasteiger partial charge in [-0.25, -0.2) is 4.98 Å². The SMILES string of the molecule is Cc1cccc(NCC(CO)Cc2ccccn2)n1. The molecule has 2 aromatic heterocycles. The number of pyridine rings is 2. The van der Waals surface area contributed by atoms with Gasteiger partial charge in [-0.1, -0.05) is 12.1 Å². The molecule has 1 atom stereocenters. The van der Waals surface area contributed by atoms with Crippen LogP contribution in [0.5, 0.6) is 0 Å². The summed E-state index contributed by atoms with van der Waals surface area (Å²) in [6, 6.07) is 11.7. The van der Waals surface area contributed by atoms with Crippen LogP contribution in [0.3, 0.4) is 0 Å². The summed E-state index contributed by atoms with van der Waals surface area (Å²) in [6.45, 7) is 2.78. The molecule has 0 aliphatic carbocycles. The first-order valence-corrected chi connectivity index (χ1v) is 6.46. The molecule has 0 aromatic carbocycles. The van der Waals surface area contributed by atoms with Crippen molar-refractivity contribution in [3.8, 4) is 0 Å². The van der Waals surface area contributed by atoms with Gasteiger partial charge >= 0.3 is 0 Å². The van der Waals surface area contributed by atoms with Crippen LogP contribution in [0.1, 0.15) is 11.4 Å². The van der Waals surface area contributed by atoms with Crippen LogP contribution in [0.15, 0.2) is 42.6 Å². The number of nitrogens with zero attached hydrogens (tertiary/aromatic N) is 2. The maximum absolute atomic E-state index is 9.43. The van der Waals surface area contributed by atoms with Crippen molar-refractivity contribution in [1.29, 1.82) is 0 Å². The number of rotatable bonds is 6. The third-order valence-corrected chi connectivity index (χ3v) is 2.94. The van der Waals surface area contributed by atoms with Crippen molar-refractivity contribution in [2.45, 2.75) is 13.3 Å². The van der Waals surface area contributed by atoms with E-state index in [1.54, 1.807) is 6.20 Å². The second-order valence-electron chi connectivity index (χ2n) is 4.62. The second-order valence-corrected chi connectivity index (χ2v) is 4.62. The summed E-state index contributed by atoms with van der Waals surface area (Å²) in [4.78, 5) is 8.66. The molecule has 2 rings (SSSR count). The van der Waals surface area contributed by atoms with Crippen molar-refractivity contribution in [3.05, 3.63) is 54.0 Å². The lowest BCUT2D eigenvalue weighted by molar-refractivity contribution is 0.232. The van der Waals surface area contributed by atoms with E-state index in [0.29, 0.717) is 6.54 Å². The molecule has 0 saturated heterocycles. The first-order valence-electron chi connectivity index (χ1n) is 6.46. The molecule has 2 aromatic rings. The molecular formula is C15H19N3O. The highest BCUT2D eigenvalue weighted by Crippen LogP contribution is 2.09. The number of aliphatic hydroxyl groups is 1. The Kier molecular flexibility index (Phi) is 4.86. The lowest BCUT2D eigenvalue weighted by atomic mass is 10.0. The van der Waals surface area contributed by atoms with E-state index in [1.807, 2.05) is 43.3 Å². The van der Waals surface area contributed by atoms with Crippen molar-refractivity contribution in [2.75, 3.05) is 18.5 Å². The molecule has 0 radical (unpaired) electrons. The summed E-state index contributed by atoms with van der Waals surface area (Å²) in [5, 5.41) is 12.7. The van der Waals surface area contributed by atoms with Crippen LogP contribution < -0.4 is 5.32 Å². The molecule has 0 aliphatic heterocycles. The van der Waals surface area contributed by atoms with E-state index in [0.717, 1.165) is 23.6 Å². The minimum atomic E-state index is 0.134. The first-order chi connectivity index (χ1) is 9.28. The fourth-order valence-corrected chi connectivity index (χ4v) is 1.91. The number of hydrogen-bond acceptors (Lipinski definition) is 4. The fourth-order valence-electron chi connectivity index (χ4n) is 1.91. The summed E-state index contributed by atoms with van der Waals surface area (Å²) >= 11 is 0. The normalized spacial score (nSPS) is 12.1. The molecule has 100 valence electrons. The maximum atomic E-state index is 9.43. The van der Waals surface area contributed by atoms with Crippen LogP contribution in [-0.2, 0) is 6.42 Å². The predicted octanol–water partition coefficient (Wildman–Crippen LogP) is 2.05. The number of aryl methyl sites for hydroxylation is 1. The Morgan fingerprint density at radius 1 is 1.21 bits per heavy atom. The van der Waals surface area contributed by atoms with E-state index >= 15 is 0 Å². The minimum absolute atomic E-state index is 0.134. The molecule has 2 N–H and O–H groups in total. The Balaban J connectivity index is 1.89. The Hall–Kier alpha value is -1.94. The highest BCUT2D eigenvalue weighted by atomic mass is 16.3. The van der Waals surface area contributed by atoms with Gasteiger partial charge in [0.2, 0.25) is 0 Å². The molecule has 0 bridgehead atoms. The molecule has 0 fully saturated rings. The zero-order valence-electron chi connectivity index (χ0n) is 11.1. The van der Waals surface area contributed by atoms with Gasteiger partial charge in [0.25, 0.3) is 0 Å². The van der Waals surface area contributed by atoms with Crippen LogP contribution in [0, 0.1) is 12.8 Å². The molecule has 1 unspecified atom stereocenters. The van der Waals surface area contributed by atoms with Gasteiger partial charge in [0.05, 0.1) is 0 Å². The van der Waals surface area contributed by atoms with Gasteiger partial charge in [-0.2, -0.15) is 0 Å². The van der Waals surface area contributed by atoms with Crippen molar-refractivity contribution in [2.24, 2.45) is 5.92 Å². The van der Waals surface area contributed by atoms with Gasteiger partial charge in [-0.05, 0) is 37.6 Å². The van der Waals surface area contributed by atoms with Gasteiger partial charge < -0.3 is 10.4 Å². The summed E-state index contributed by atoms with van der Waals surface area (Å²) in [7, 11) is 0. The smallest absolute Gasteiger partial charge is 0.126 e. The van der Waals surface area contributed by atoms with Gasteiger partial charge in [0.1, 0.15) is 5.82 Å². The molecule has 0 aliphatic rings. The van der Waals surface area contributed by atoms with Gasteiger partial charge in [-0.3, -0.25) is 4.98 Å². The van der Waals surface area contributed by atoms with Crippen LogP contribution in [-0.4, -0.2) is 28.2 Å². The van der Waals surface area contributed by atoms with Gasteiger partial charge in [-0.15, -0.1) is 0 Å². The summed E-state index contributed by atoms with van der Waals surface area (Å²) in [5.74, 6) is 0.983. The Labute approximate surface area is 113 Å². The Morgan fingerprint density at radius 3 is 2.79 bits per heavy atom. The topological polar surface area (TPSA) is 58.0 Å². The number of aromatic nitrogens is 2. The van der Waals surface area contributed by atoms with E-state index < -0.39 is 0 Å². The first kappa shape index (κ1) is 13.5. The zero-order valence-corrected chi connectivity index (χ0v) is 11.1. The molecule has 19 heavy (non-hydrogen) atoms. The quantitative estimate of drug-likeness (QED) is 0.831. The van der Waals surface area contributed by atoms with E-state index in [-0.39, 0.29) is 12.5 Å². The lowest BCUT2D eigenvalue weighted by Crippen LogP contribution is -2.21. The third kappa shape index (κ3) is 4.34. The van der Waals surface area contributed by atoms with Crippen LogP contribution in [0.25, 0.3) is 0 Å². The van der Waals surface area contributed by atoms with Crippen LogP contribution >= 0.6 is 0 Å². The molecule has 4 nitrogen and oxygen atoms in total. The van der Waals surface area contributed by atoms with Crippen molar-refractivity contribution in [3.63, 3.8) is 0 Å². The van der Waals surface area contributed by atoms with Crippen molar-refractivity contribution >= 4 is 5.82 Å². The minimum Gasteiger partial charge on any atom is -0.396 e. The standard InChI is InChI=1S/C15H19N3O/c1-12-5-4-7-15(18-12)17-10-13(11-19)9-14-6-2-3-8-16-14/h2-8,13,19H,9-11H2,1H3,(H,17,18).